The van der Waals surface area contributed by atoms with Gasteiger partial charge in [-0.2, -0.15) is 13.2 Å². The van der Waals surface area contributed by atoms with E-state index in [1.54, 1.807) is 7.05 Å². The SMILES string of the molecule is CNCCc1nnc(C(F)(F)F)o1. The Morgan fingerprint density at radius 2 is 2.08 bits per heavy atom. The van der Waals surface area contributed by atoms with Crippen LogP contribution in [0.2, 0.25) is 0 Å². The summed E-state index contributed by atoms with van der Waals surface area (Å²) in [4.78, 5) is 0. The van der Waals surface area contributed by atoms with E-state index < -0.39 is 12.1 Å². The van der Waals surface area contributed by atoms with Crippen molar-refractivity contribution in [3.05, 3.63) is 11.8 Å². The third kappa shape index (κ3) is 2.69. The molecule has 1 aromatic rings. The van der Waals surface area contributed by atoms with Gasteiger partial charge in [0.05, 0.1) is 0 Å². The number of halogens is 3. The summed E-state index contributed by atoms with van der Waals surface area (Å²) in [5, 5.41) is 8.87. The molecule has 1 rings (SSSR count). The first-order valence-corrected chi connectivity index (χ1v) is 3.58. The molecular weight excluding hydrogens is 187 g/mol. The molecule has 0 aliphatic carbocycles. The fourth-order valence-corrected chi connectivity index (χ4v) is 0.701. The first-order valence-electron chi connectivity index (χ1n) is 3.58. The zero-order valence-electron chi connectivity index (χ0n) is 6.85. The summed E-state index contributed by atoms with van der Waals surface area (Å²) >= 11 is 0. The normalized spacial score (nSPS) is 12.0. The Morgan fingerprint density at radius 3 is 2.54 bits per heavy atom. The van der Waals surface area contributed by atoms with E-state index in [4.69, 9.17) is 0 Å². The van der Waals surface area contributed by atoms with Crippen molar-refractivity contribution in [2.45, 2.75) is 12.6 Å². The zero-order valence-corrected chi connectivity index (χ0v) is 6.85. The average molecular weight is 195 g/mol. The van der Waals surface area contributed by atoms with Gasteiger partial charge in [0.1, 0.15) is 0 Å². The predicted octanol–water partition coefficient (Wildman–Crippen LogP) is 0.850. The van der Waals surface area contributed by atoms with E-state index in [9.17, 15) is 13.2 Å². The first-order chi connectivity index (χ1) is 6.04. The molecule has 1 N–H and O–H groups in total. The summed E-state index contributed by atoms with van der Waals surface area (Å²) in [5.41, 5.74) is 0. The molecule has 0 aliphatic heterocycles. The summed E-state index contributed by atoms with van der Waals surface area (Å²) in [6.07, 6.45) is -4.26. The standard InChI is InChI=1S/C6H8F3N3O/c1-10-3-2-4-11-12-5(13-4)6(7,8)9/h10H,2-3H2,1H3. The van der Waals surface area contributed by atoms with Crippen LogP contribution in [0.1, 0.15) is 11.8 Å². The van der Waals surface area contributed by atoms with E-state index in [0.29, 0.717) is 13.0 Å². The van der Waals surface area contributed by atoms with Crippen molar-refractivity contribution in [1.29, 1.82) is 0 Å². The Hall–Kier alpha value is -1.11. The van der Waals surface area contributed by atoms with E-state index in [1.165, 1.54) is 0 Å². The molecule has 4 nitrogen and oxygen atoms in total. The van der Waals surface area contributed by atoms with E-state index >= 15 is 0 Å². The minimum Gasteiger partial charge on any atom is -0.417 e. The van der Waals surface area contributed by atoms with Gasteiger partial charge in [0, 0.05) is 13.0 Å². The van der Waals surface area contributed by atoms with Crippen LogP contribution in [0.4, 0.5) is 13.2 Å². The topological polar surface area (TPSA) is 51.0 Å². The lowest BCUT2D eigenvalue weighted by molar-refractivity contribution is -0.157. The third-order valence-electron chi connectivity index (χ3n) is 1.30. The number of nitrogens with one attached hydrogen (secondary N) is 1. The summed E-state index contributed by atoms with van der Waals surface area (Å²) in [7, 11) is 1.68. The molecule has 0 radical (unpaired) electrons. The van der Waals surface area contributed by atoms with Crippen LogP contribution in [0.25, 0.3) is 0 Å². The number of likely N-dealkylation sites (N-methyl/N-ethyl adjacent to an activating group) is 1. The van der Waals surface area contributed by atoms with Crippen LogP contribution in [0.5, 0.6) is 0 Å². The molecular formula is C6H8F3N3O. The second-order valence-electron chi connectivity index (χ2n) is 2.35. The maximum Gasteiger partial charge on any atom is 0.470 e. The van der Waals surface area contributed by atoms with Gasteiger partial charge in [0.15, 0.2) is 0 Å². The van der Waals surface area contributed by atoms with E-state index in [0.717, 1.165) is 0 Å². The van der Waals surface area contributed by atoms with Crippen LogP contribution < -0.4 is 5.32 Å². The highest BCUT2D eigenvalue weighted by molar-refractivity contribution is 4.86. The molecule has 7 heteroatoms. The van der Waals surface area contributed by atoms with Gasteiger partial charge in [-0.1, -0.05) is 0 Å². The maximum atomic E-state index is 11.9. The van der Waals surface area contributed by atoms with Crippen molar-refractivity contribution in [2.24, 2.45) is 0 Å². The van der Waals surface area contributed by atoms with Gasteiger partial charge in [0.2, 0.25) is 5.89 Å². The van der Waals surface area contributed by atoms with Gasteiger partial charge in [-0.05, 0) is 7.05 Å². The Labute approximate surface area is 72.1 Å². The van der Waals surface area contributed by atoms with Crippen molar-refractivity contribution in [2.75, 3.05) is 13.6 Å². The molecule has 1 heterocycles. The van der Waals surface area contributed by atoms with Crippen LogP contribution in [0, 0.1) is 0 Å². The van der Waals surface area contributed by atoms with Crippen LogP contribution in [-0.4, -0.2) is 23.8 Å². The quantitative estimate of drug-likeness (QED) is 0.776. The van der Waals surface area contributed by atoms with Crippen LogP contribution in [0.3, 0.4) is 0 Å². The van der Waals surface area contributed by atoms with E-state index in [1.807, 2.05) is 0 Å². The van der Waals surface area contributed by atoms with Crippen molar-refractivity contribution in [1.82, 2.24) is 15.5 Å². The molecule has 0 aliphatic rings. The van der Waals surface area contributed by atoms with Crippen LogP contribution in [-0.2, 0) is 12.6 Å². The van der Waals surface area contributed by atoms with Crippen molar-refractivity contribution in [3.63, 3.8) is 0 Å². The van der Waals surface area contributed by atoms with Gasteiger partial charge >= 0.3 is 12.1 Å². The Kier molecular flexibility index (Phi) is 2.86. The summed E-state index contributed by atoms with van der Waals surface area (Å²) in [6, 6.07) is 0. The maximum absolute atomic E-state index is 11.9. The fourth-order valence-electron chi connectivity index (χ4n) is 0.701. The Morgan fingerprint density at radius 1 is 1.38 bits per heavy atom. The van der Waals surface area contributed by atoms with Crippen molar-refractivity contribution in [3.8, 4) is 0 Å². The number of rotatable bonds is 3. The molecule has 13 heavy (non-hydrogen) atoms. The molecule has 0 aromatic carbocycles. The molecule has 1 aromatic heterocycles. The highest BCUT2D eigenvalue weighted by Gasteiger charge is 2.37. The van der Waals surface area contributed by atoms with Gasteiger partial charge in [-0.15, -0.1) is 10.2 Å². The molecule has 0 fully saturated rings. The minimum absolute atomic E-state index is 0.0123. The Balaban J connectivity index is 2.64. The summed E-state index contributed by atoms with van der Waals surface area (Å²) in [6.45, 7) is 0.499. The minimum atomic E-state index is -4.55. The molecule has 0 saturated heterocycles. The van der Waals surface area contributed by atoms with Crippen molar-refractivity contribution >= 4 is 0 Å². The van der Waals surface area contributed by atoms with Crippen LogP contribution in [0.15, 0.2) is 4.42 Å². The van der Waals surface area contributed by atoms with E-state index in [-0.39, 0.29) is 5.89 Å². The lowest BCUT2D eigenvalue weighted by atomic mass is 10.4. The summed E-state index contributed by atoms with van der Waals surface area (Å²) < 4.78 is 40.1. The predicted molar refractivity (Wildman–Crippen MR) is 36.9 cm³/mol. The lowest BCUT2D eigenvalue weighted by Crippen LogP contribution is -2.10. The monoisotopic (exact) mass is 195 g/mol. The molecule has 74 valence electrons. The molecule has 0 amide bonds. The number of aromatic nitrogens is 2. The number of alkyl halides is 3. The second kappa shape index (κ2) is 3.73. The average Bonchev–Trinajstić information content (AvgIpc) is 2.47. The zero-order chi connectivity index (χ0) is 9.90. The molecule has 0 saturated carbocycles. The highest BCUT2D eigenvalue weighted by Crippen LogP contribution is 2.27. The number of hydrogen-bond acceptors (Lipinski definition) is 4. The molecule has 0 atom stereocenters. The highest BCUT2D eigenvalue weighted by atomic mass is 19.4. The molecule has 0 spiro atoms. The third-order valence-corrected chi connectivity index (χ3v) is 1.30. The van der Waals surface area contributed by atoms with Crippen LogP contribution >= 0.6 is 0 Å². The van der Waals surface area contributed by atoms with Crippen molar-refractivity contribution < 1.29 is 17.6 Å². The largest absolute Gasteiger partial charge is 0.470 e. The molecule has 0 unspecified atom stereocenters. The molecule has 0 bridgehead atoms. The smallest absolute Gasteiger partial charge is 0.417 e. The van der Waals surface area contributed by atoms with Gasteiger partial charge < -0.3 is 9.73 Å². The lowest BCUT2D eigenvalue weighted by Gasteiger charge is -1.97. The second-order valence-corrected chi connectivity index (χ2v) is 2.35. The first kappa shape index (κ1) is 9.97. The van der Waals surface area contributed by atoms with E-state index in [2.05, 4.69) is 19.9 Å². The van der Waals surface area contributed by atoms with Gasteiger partial charge in [0.25, 0.3) is 0 Å². The van der Waals surface area contributed by atoms with Gasteiger partial charge in [-0.3, -0.25) is 0 Å². The van der Waals surface area contributed by atoms with Gasteiger partial charge in [-0.25, -0.2) is 0 Å². The number of nitrogens with zero attached hydrogens (tertiary/aromatic N) is 2. The summed E-state index contributed by atoms with van der Waals surface area (Å²) in [5.74, 6) is -1.31. The fraction of sp³-hybridized carbons (Fsp3) is 0.667. The Bertz CT molecular complexity index is 270. The number of hydrogen-bond donors (Lipinski definition) is 1.